The minimum absolute atomic E-state index is 0.116. The lowest BCUT2D eigenvalue weighted by molar-refractivity contribution is -0.119. The molecule has 2 aromatic carbocycles. The van der Waals surface area contributed by atoms with Gasteiger partial charge in [0.25, 0.3) is 15.9 Å². The van der Waals surface area contributed by atoms with E-state index in [1.54, 1.807) is 24.3 Å². The fourth-order valence-electron chi connectivity index (χ4n) is 2.46. The zero-order valence-corrected chi connectivity index (χ0v) is 17.1. The van der Waals surface area contributed by atoms with Gasteiger partial charge in [0, 0.05) is 4.88 Å². The maximum Gasteiger partial charge on any atom is 0.264 e. The number of benzene rings is 2. The second-order valence-electron chi connectivity index (χ2n) is 6.11. The molecule has 150 valence electrons. The third-order valence-corrected chi connectivity index (χ3v) is 6.53. The number of amides is 1. The van der Waals surface area contributed by atoms with E-state index < -0.39 is 28.3 Å². The van der Waals surface area contributed by atoms with E-state index in [0.717, 1.165) is 26.9 Å². The molecule has 9 heteroatoms. The fraction of sp³-hybridized carbons (Fsp3) is 0.100. The van der Waals surface area contributed by atoms with Gasteiger partial charge in [-0.3, -0.25) is 9.10 Å². The fourth-order valence-corrected chi connectivity index (χ4v) is 4.46. The molecule has 0 fully saturated rings. The highest BCUT2D eigenvalue weighted by Gasteiger charge is 2.27. The molecule has 0 spiro atoms. The molecular weight excluding hydrogens is 413 g/mol. The first-order valence-corrected chi connectivity index (χ1v) is 10.9. The quantitative estimate of drug-likeness (QED) is 0.459. The summed E-state index contributed by atoms with van der Waals surface area (Å²) in [5.41, 5.74) is 3.60. The minimum Gasteiger partial charge on any atom is -0.271 e. The molecule has 6 nitrogen and oxygen atoms in total. The van der Waals surface area contributed by atoms with Gasteiger partial charge in [-0.2, -0.15) is 5.10 Å². The Hall–Kier alpha value is -3.04. The van der Waals surface area contributed by atoms with E-state index in [4.69, 9.17) is 0 Å². The standard InChI is InChI=1S/C20H18FN3O3S2/c1-15-4-8-17(9-5-15)24(29(26,27)19-10-6-16(21)7-11-19)14-20(25)23-22-13-18-3-2-12-28-18/h2-13H,14H2,1H3,(H,23,25)/b22-13-. The Labute approximate surface area is 172 Å². The van der Waals surface area contributed by atoms with Crippen LogP contribution >= 0.6 is 11.3 Å². The topological polar surface area (TPSA) is 78.8 Å². The molecule has 3 rings (SSSR count). The summed E-state index contributed by atoms with van der Waals surface area (Å²) in [5.74, 6) is -1.16. The van der Waals surface area contributed by atoms with Crippen molar-refractivity contribution in [2.24, 2.45) is 5.10 Å². The summed E-state index contributed by atoms with van der Waals surface area (Å²) in [6.07, 6.45) is 1.48. The molecule has 29 heavy (non-hydrogen) atoms. The number of rotatable bonds is 7. The number of hydrogen-bond donors (Lipinski definition) is 1. The van der Waals surface area contributed by atoms with Crippen molar-refractivity contribution in [2.45, 2.75) is 11.8 Å². The van der Waals surface area contributed by atoms with Crippen LogP contribution in [0.2, 0.25) is 0 Å². The molecule has 3 aromatic rings. The van der Waals surface area contributed by atoms with Gasteiger partial charge < -0.3 is 0 Å². The molecule has 1 heterocycles. The van der Waals surface area contributed by atoms with E-state index in [2.05, 4.69) is 10.5 Å². The van der Waals surface area contributed by atoms with E-state index >= 15 is 0 Å². The lowest BCUT2D eigenvalue weighted by atomic mass is 10.2. The average molecular weight is 432 g/mol. The average Bonchev–Trinajstić information content (AvgIpc) is 3.21. The molecule has 0 aliphatic heterocycles. The number of carbonyl (C=O) groups excluding carboxylic acids is 1. The van der Waals surface area contributed by atoms with Gasteiger partial charge in [0.2, 0.25) is 0 Å². The van der Waals surface area contributed by atoms with Crippen LogP contribution in [-0.4, -0.2) is 27.1 Å². The largest absolute Gasteiger partial charge is 0.271 e. The van der Waals surface area contributed by atoms with Crippen LogP contribution < -0.4 is 9.73 Å². The first-order chi connectivity index (χ1) is 13.9. The van der Waals surface area contributed by atoms with Crippen molar-refractivity contribution in [3.05, 3.63) is 82.3 Å². The molecule has 1 aromatic heterocycles. The third kappa shape index (κ3) is 5.27. The highest BCUT2D eigenvalue weighted by molar-refractivity contribution is 7.92. The number of aryl methyl sites for hydroxylation is 1. The van der Waals surface area contributed by atoms with Crippen LogP contribution in [0.5, 0.6) is 0 Å². The number of hydrogen-bond acceptors (Lipinski definition) is 5. The van der Waals surface area contributed by atoms with Gasteiger partial charge >= 0.3 is 0 Å². The predicted octanol–water partition coefficient (Wildman–Crippen LogP) is 3.54. The minimum atomic E-state index is -4.09. The molecule has 0 saturated carbocycles. The molecule has 0 aliphatic rings. The van der Waals surface area contributed by atoms with Crippen molar-refractivity contribution < 1.29 is 17.6 Å². The molecular formula is C20H18FN3O3S2. The Balaban J connectivity index is 1.85. The third-order valence-electron chi connectivity index (χ3n) is 3.94. The number of sulfonamides is 1. The Morgan fingerprint density at radius 3 is 2.45 bits per heavy atom. The number of nitrogens with zero attached hydrogens (tertiary/aromatic N) is 2. The van der Waals surface area contributed by atoms with E-state index in [9.17, 15) is 17.6 Å². The van der Waals surface area contributed by atoms with Crippen LogP contribution in [0, 0.1) is 12.7 Å². The van der Waals surface area contributed by atoms with Gasteiger partial charge in [-0.1, -0.05) is 23.8 Å². The number of thiophene rings is 1. The second-order valence-corrected chi connectivity index (χ2v) is 8.95. The maximum atomic E-state index is 13.2. The van der Waals surface area contributed by atoms with Crippen molar-refractivity contribution in [2.75, 3.05) is 10.8 Å². The molecule has 1 N–H and O–H groups in total. The summed E-state index contributed by atoms with van der Waals surface area (Å²) in [6.45, 7) is 1.39. The zero-order chi connectivity index (χ0) is 20.9. The number of halogens is 1. The molecule has 0 unspecified atom stereocenters. The van der Waals surface area contributed by atoms with Crippen molar-refractivity contribution in [3.63, 3.8) is 0 Å². The summed E-state index contributed by atoms with van der Waals surface area (Å²) in [4.78, 5) is 13.1. The number of hydrazone groups is 1. The van der Waals surface area contributed by atoms with E-state index in [1.165, 1.54) is 29.7 Å². The van der Waals surface area contributed by atoms with Crippen LogP contribution in [0.15, 0.2) is 76.0 Å². The van der Waals surface area contributed by atoms with Gasteiger partial charge in [-0.25, -0.2) is 18.2 Å². The van der Waals surface area contributed by atoms with Gasteiger partial charge in [0.15, 0.2) is 0 Å². The Morgan fingerprint density at radius 2 is 1.83 bits per heavy atom. The Morgan fingerprint density at radius 1 is 1.14 bits per heavy atom. The number of carbonyl (C=O) groups is 1. The Bertz CT molecular complexity index is 1090. The van der Waals surface area contributed by atoms with Crippen molar-refractivity contribution >= 4 is 39.2 Å². The van der Waals surface area contributed by atoms with Gasteiger partial charge in [-0.15, -0.1) is 11.3 Å². The van der Waals surface area contributed by atoms with Crippen LogP contribution in [0.25, 0.3) is 0 Å². The van der Waals surface area contributed by atoms with Crippen molar-refractivity contribution in [1.82, 2.24) is 5.43 Å². The maximum absolute atomic E-state index is 13.2. The normalized spacial score (nSPS) is 11.5. The first kappa shape index (κ1) is 20.7. The van der Waals surface area contributed by atoms with Crippen LogP contribution in [0.4, 0.5) is 10.1 Å². The molecule has 0 atom stereocenters. The molecule has 0 radical (unpaired) electrons. The molecule has 0 saturated heterocycles. The lowest BCUT2D eigenvalue weighted by Crippen LogP contribution is -2.39. The van der Waals surface area contributed by atoms with Gasteiger partial charge in [0.05, 0.1) is 16.8 Å². The summed E-state index contributed by atoms with van der Waals surface area (Å²) in [7, 11) is -4.09. The lowest BCUT2D eigenvalue weighted by Gasteiger charge is -2.23. The monoisotopic (exact) mass is 431 g/mol. The SMILES string of the molecule is Cc1ccc(N(CC(=O)N/N=C\c2cccs2)S(=O)(=O)c2ccc(F)cc2)cc1. The predicted molar refractivity (Wildman–Crippen MR) is 112 cm³/mol. The highest BCUT2D eigenvalue weighted by atomic mass is 32.2. The van der Waals surface area contributed by atoms with E-state index in [-0.39, 0.29) is 4.90 Å². The van der Waals surface area contributed by atoms with Crippen molar-refractivity contribution in [3.8, 4) is 0 Å². The van der Waals surface area contributed by atoms with Crippen LogP contribution in [0.1, 0.15) is 10.4 Å². The molecule has 0 bridgehead atoms. The number of anilines is 1. The number of nitrogens with one attached hydrogen (secondary N) is 1. The van der Waals surface area contributed by atoms with Gasteiger partial charge in [0.1, 0.15) is 12.4 Å². The summed E-state index contributed by atoms with van der Waals surface area (Å²) < 4.78 is 40.4. The van der Waals surface area contributed by atoms with Crippen LogP contribution in [0.3, 0.4) is 0 Å². The highest BCUT2D eigenvalue weighted by Crippen LogP contribution is 2.24. The van der Waals surface area contributed by atoms with Crippen LogP contribution in [-0.2, 0) is 14.8 Å². The molecule has 0 aliphatic carbocycles. The zero-order valence-electron chi connectivity index (χ0n) is 15.4. The van der Waals surface area contributed by atoms with E-state index in [0.29, 0.717) is 5.69 Å². The van der Waals surface area contributed by atoms with E-state index in [1.807, 2.05) is 24.4 Å². The Kier molecular flexibility index (Phi) is 6.40. The van der Waals surface area contributed by atoms with Crippen molar-refractivity contribution in [1.29, 1.82) is 0 Å². The molecule has 1 amide bonds. The second kappa shape index (κ2) is 8.97. The first-order valence-electron chi connectivity index (χ1n) is 8.56. The smallest absolute Gasteiger partial charge is 0.264 e. The summed E-state index contributed by atoms with van der Waals surface area (Å²) in [6, 6.07) is 14.8. The summed E-state index contributed by atoms with van der Waals surface area (Å²) >= 11 is 1.45. The van der Waals surface area contributed by atoms with Gasteiger partial charge in [-0.05, 0) is 54.8 Å². The summed E-state index contributed by atoms with van der Waals surface area (Å²) in [5, 5.41) is 5.73.